The van der Waals surface area contributed by atoms with Crippen molar-refractivity contribution in [2.75, 3.05) is 17.2 Å². The molecule has 0 fully saturated rings. The van der Waals surface area contributed by atoms with Crippen LogP contribution in [0.25, 0.3) is 0 Å². The minimum Gasteiger partial charge on any atom is -0.482 e. The summed E-state index contributed by atoms with van der Waals surface area (Å²) in [6.07, 6.45) is 0. The summed E-state index contributed by atoms with van der Waals surface area (Å²) in [4.78, 5) is 22.8. The van der Waals surface area contributed by atoms with Crippen LogP contribution in [-0.4, -0.2) is 18.4 Å². The molecule has 0 aromatic heterocycles. The van der Waals surface area contributed by atoms with E-state index in [0.717, 1.165) is 6.07 Å². The molecule has 0 unspecified atom stereocenters. The van der Waals surface area contributed by atoms with Crippen LogP contribution in [0.3, 0.4) is 0 Å². The van der Waals surface area contributed by atoms with Gasteiger partial charge in [-0.05, 0) is 24.3 Å². The number of carbonyl (C=O) groups is 2. The number of amides is 2. The summed E-state index contributed by atoms with van der Waals surface area (Å²) in [6, 6.07) is 7.99. The summed E-state index contributed by atoms with van der Waals surface area (Å²) in [6.45, 7) is 0.796. The zero-order chi connectivity index (χ0) is 17.7. The molecule has 126 valence electrons. The number of benzene rings is 2. The molecule has 0 heterocycles. The number of nitrogens with one attached hydrogen (secondary N) is 2. The van der Waals surface area contributed by atoms with Crippen LogP contribution in [0.1, 0.15) is 6.92 Å². The fourth-order valence-corrected chi connectivity index (χ4v) is 1.84. The summed E-state index contributed by atoms with van der Waals surface area (Å²) in [7, 11) is 0. The molecule has 5 nitrogen and oxygen atoms in total. The molecule has 24 heavy (non-hydrogen) atoms. The van der Waals surface area contributed by atoms with Crippen LogP contribution in [0.15, 0.2) is 36.4 Å². The highest BCUT2D eigenvalue weighted by molar-refractivity contribution is 5.93. The Morgan fingerprint density at radius 3 is 2.38 bits per heavy atom. The average molecular weight is 338 g/mol. The molecular formula is C16H13F3N2O3. The van der Waals surface area contributed by atoms with Crippen molar-refractivity contribution in [1.82, 2.24) is 0 Å². The maximum Gasteiger partial charge on any atom is 0.262 e. The lowest BCUT2D eigenvalue weighted by Crippen LogP contribution is -2.21. The molecule has 0 bridgehead atoms. The van der Waals surface area contributed by atoms with Crippen molar-refractivity contribution in [3.63, 3.8) is 0 Å². The van der Waals surface area contributed by atoms with Gasteiger partial charge in [-0.1, -0.05) is 12.1 Å². The summed E-state index contributed by atoms with van der Waals surface area (Å²) in [5, 5.41) is 4.60. The molecular weight excluding hydrogens is 325 g/mol. The minimum atomic E-state index is -1.68. The second-order valence-corrected chi connectivity index (χ2v) is 4.74. The minimum absolute atomic E-state index is 0.230. The van der Waals surface area contributed by atoms with Gasteiger partial charge in [-0.15, -0.1) is 0 Å². The van der Waals surface area contributed by atoms with E-state index < -0.39 is 35.7 Å². The highest BCUT2D eigenvalue weighted by atomic mass is 19.2. The van der Waals surface area contributed by atoms with E-state index in [1.165, 1.54) is 13.0 Å². The zero-order valence-electron chi connectivity index (χ0n) is 12.5. The smallest absolute Gasteiger partial charge is 0.262 e. The first kappa shape index (κ1) is 17.3. The number of para-hydroxylation sites is 2. The molecule has 2 amide bonds. The predicted molar refractivity (Wildman–Crippen MR) is 81.2 cm³/mol. The van der Waals surface area contributed by atoms with Gasteiger partial charge in [-0.2, -0.15) is 0 Å². The lowest BCUT2D eigenvalue weighted by Gasteiger charge is -2.12. The van der Waals surface area contributed by atoms with Gasteiger partial charge in [-0.25, -0.2) is 13.2 Å². The highest BCUT2D eigenvalue weighted by Crippen LogP contribution is 2.24. The van der Waals surface area contributed by atoms with Crippen molar-refractivity contribution < 1.29 is 27.5 Å². The molecule has 0 radical (unpaired) electrons. The Morgan fingerprint density at radius 1 is 0.958 bits per heavy atom. The average Bonchev–Trinajstić information content (AvgIpc) is 2.54. The zero-order valence-corrected chi connectivity index (χ0v) is 12.5. The Labute approximate surface area is 135 Å². The standard InChI is InChI=1S/C16H13F3N2O3/c1-9(22)20-11-4-2-3-5-13(11)24-8-14(23)21-12-7-6-10(17)15(18)16(12)19/h2-7H,8H2,1H3,(H,20,22)(H,21,23). The molecule has 0 aliphatic heterocycles. The Balaban J connectivity index is 2.02. The number of halogens is 3. The highest BCUT2D eigenvalue weighted by Gasteiger charge is 2.15. The third kappa shape index (κ3) is 4.25. The Hall–Kier alpha value is -3.03. The van der Waals surface area contributed by atoms with Crippen molar-refractivity contribution in [2.45, 2.75) is 6.92 Å². The van der Waals surface area contributed by atoms with Crippen molar-refractivity contribution in [2.24, 2.45) is 0 Å². The van der Waals surface area contributed by atoms with Crippen LogP contribution >= 0.6 is 0 Å². The lowest BCUT2D eigenvalue weighted by atomic mass is 10.2. The van der Waals surface area contributed by atoms with E-state index in [-0.39, 0.29) is 11.7 Å². The van der Waals surface area contributed by atoms with E-state index in [0.29, 0.717) is 11.8 Å². The van der Waals surface area contributed by atoms with E-state index >= 15 is 0 Å². The fraction of sp³-hybridized carbons (Fsp3) is 0.125. The van der Waals surface area contributed by atoms with Gasteiger partial charge >= 0.3 is 0 Å². The van der Waals surface area contributed by atoms with Crippen molar-refractivity contribution in [1.29, 1.82) is 0 Å². The number of rotatable bonds is 5. The Bertz CT molecular complexity index is 781. The van der Waals surface area contributed by atoms with Crippen LogP contribution in [0.4, 0.5) is 24.5 Å². The Morgan fingerprint density at radius 2 is 1.67 bits per heavy atom. The molecule has 2 aromatic carbocycles. The molecule has 0 saturated heterocycles. The van der Waals surface area contributed by atoms with E-state index in [4.69, 9.17) is 4.74 Å². The SMILES string of the molecule is CC(=O)Nc1ccccc1OCC(=O)Nc1ccc(F)c(F)c1F. The molecule has 0 spiro atoms. The van der Waals surface area contributed by atoms with Gasteiger partial charge in [0.25, 0.3) is 5.91 Å². The summed E-state index contributed by atoms with van der Waals surface area (Å²) >= 11 is 0. The number of anilines is 2. The van der Waals surface area contributed by atoms with Gasteiger partial charge in [0.2, 0.25) is 5.91 Å². The first-order chi connectivity index (χ1) is 11.4. The van der Waals surface area contributed by atoms with E-state index in [9.17, 15) is 22.8 Å². The summed E-state index contributed by atoms with van der Waals surface area (Å²) in [5.74, 6) is -5.40. The molecule has 0 saturated carbocycles. The second-order valence-electron chi connectivity index (χ2n) is 4.74. The van der Waals surface area contributed by atoms with Crippen LogP contribution in [-0.2, 0) is 9.59 Å². The van der Waals surface area contributed by atoms with Gasteiger partial charge in [0.05, 0.1) is 11.4 Å². The van der Waals surface area contributed by atoms with E-state index in [1.807, 2.05) is 0 Å². The van der Waals surface area contributed by atoms with Crippen molar-refractivity contribution >= 4 is 23.2 Å². The quantitative estimate of drug-likeness (QED) is 0.824. The molecule has 0 atom stereocenters. The van der Waals surface area contributed by atoms with Crippen LogP contribution in [0, 0.1) is 17.5 Å². The first-order valence-electron chi connectivity index (χ1n) is 6.81. The largest absolute Gasteiger partial charge is 0.482 e. The topological polar surface area (TPSA) is 67.4 Å². The number of carbonyl (C=O) groups excluding carboxylic acids is 2. The van der Waals surface area contributed by atoms with Crippen LogP contribution in [0.5, 0.6) is 5.75 Å². The third-order valence-corrected chi connectivity index (χ3v) is 2.87. The molecule has 0 aliphatic rings. The van der Waals surface area contributed by atoms with Crippen molar-refractivity contribution in [3.8, 4) is 5.75 Å². The van der Waals surface area contributed by atoms with Crippen LogP contribution < -0.4 is 15.4 Å². The van der Waals surface area contributed by atoms with E-state index in [1.54, 1.807) is 18.2 Å². The maximum absolute atomic E-state index is 13.5. The fourth-order valence-electron chi connectivity index (χ4n) is 1.84. The third-order valence-electron chi connectivity index (χ3n) is 2.87. The van der Waals surface area contributed by atoms with Gasteiger partial charge in [0.1, 0.15) is 5.75 Å². The molecule has 2 rings (SSSR count). The van der Waals surface area contributed by atoms with Gasteiger partial charge in [0.15, 0.2) is 24.1 Å². The predicted octanol–water partition coefficient (Wildman–Crippen LogP) is 3.08. The molecule has 2 N–H and O–H groups in total. The summed E-state index contributed by atoms with van der Waals surface area (Å²) < 4.78 is 44.6. The lowest BCUT2D eigenvalue weighted by molar-refractivity contribution is -0.118. The first-order valence-corrected chi connectivity index (χ1v) is 6.81. The van der Waals surface area contributed by atoms with Gasteiger partial charge in [-0.3, -0.25) is 9.59 Å². The van der Waals surface area contributed by atoms with Crippen molar-refractivity contribution in [3.05, 3.63) is 53.8 Å². The number of ether oxygens (including phenoxy) is 1. The van der Waals surface area contributed by atoms with E-state index in [2.05, 4.69) is 10.6 Å². The Kier molecular flexibility index (Phi) is 5.41. The summed E-state index contributed by atoms with van der Waals surface area (Å²) in [5.41, 5.74) is -0.144. The normalized spacial score (nSPS) is 10.2. The van der Waals surface area contributed by atoms with Gasteiger partial charge < -0.3 is 15.4 Å². The molecule has 8 heteroatoms. The second kappa shape index (κ2) is 7.49. The molecule has 2 aromatic rings. The maximum atomic E-state index is 13.5. The monoisotopic (exact) mass is 338 g/mol. The molecule has 0 aliphatic carbocycles. The number of hydrogen-bond acceptors (Lipinski definition) is 3. The van der Waals surface area contributed by atoms with Crippen LogP contribution in [0.2, 0.25) is 0 Å². The number of hydrogen-bond donors (Lipinski definition) is 2. The van der Waals surface area contributed by atoms with Gasteiger partial charge in [0, 0.05) is 6.92 Å².